The molecule has 2 aliphatic carbocycles. The second-order valence-corrected chi connectivity index (χ2v) is 4.87. The molecular formula is C17H9NO2. The van der Waals surface area contributed by atoms with Crippen molar-refractivity contribution in [3.63, 3.8) is 0 Å². The van der Waals surface area contributed by atoms with Crippen LogP contribution < -0.4 is 16.2 Å². The standard InChI is InChI=1S/C17H9NO2/c18-15-11-7-3-1-5-9(11)13-14(17(15)20)10-6-2-4-8-12(10)16(13)19/h1-8,18H. The van der Waals surface area contributed by atoms with Crippen LogP contribution >= 0.6 is 0 Å². The fourth-order valence-corrected chi connectivity index (χ4v) is 2.94. The molecule has 0 spiro atoms. The molecule has 0 atom stereocenters. The fraction of sp³-hybridized carbons (Fsp3) is 0. The van der Waals surface area contributed by atoms with Crippen LogP contribution in [0.4, 0.5) is 0 Å². The van der Waals surface area contributed by atoms with Crippen LogP contribution in [0, 0.1) is 15.8 Å². The van der Waals surface area contributed by atoms with E-state index < -0.39 is 0 Å². The Kier molecular flexibility index (Phi) is 1.99. The summed E-state index contributed by atoms with van der Waals surface area (Å²) in [5.41, 5.74) is -0.485. The molecule has 1 N–H and O–H groups in total. The maximum atomic E-state index is 12.6. The highest BCUT2D eigenvalue weighted by atomic mass is 16.1. The molecule has 3 nitrogen and oxygen atoms in total. The Morgan fingerprint density at radius 2 is 1.05 bits per heavy atom. The zero-order valence-electron chi connectivity index (χ0n) is 10.4. The Morgan fingerprint density at radius 3 is 1.70 bits per heavy atom. The minimum absolute atomic E-state index is 0.0381. The van der Waals surface area contributed by atoms with Crippen LogP contribution in [-0.2, 0) is 0 Å². The summed E-state index contributed by atoms with van der Waals surface area (Å²) in [5.74, 6) is 0. The van der Waals surface area contributed by atoms with Gasteiger partial charge in [-0.25, -0.2) is 0 Å². The van der Waals surface area contributed by atoms with Gasteiger partial charge in [-0.05, 0) is 10.8 Å². The van der Waals surface area contributed by atoms with Crippen molar-refractivity contribution in [1.82, 2.24) is 0 Å². The van der Waals surface area contributed by atoms with Crippen molar-refractivity contribution < 1.29 is 0 Å². The first-order valence-electron chi connectivity index (χ1n) is 6.31. The summed E-state index contributed by atoms with van der Waals surface area (Å²) in [4.78, 5) is 25.0. The maximum absolute atomic E-state index is 12.6. The topological polar surface area (TPSA) is 58.0 Å². The monoisotopic (exact) mass is 259 g/mol. The highest BCUT2D eigenvalue weighted by molar-refractivity contribution is 5.91. The SMILES string of the molecule is N=c1c(=O)c2c3ccccc3c(=O)c=2c2ccccc12. The van der Waals surface area contributed by atoms with Gasteiger partial charge in [0, 0.05) is 21.2 Å². The number of fused-ring (bicyclic) bond motifs is 4. The van der Waals surface area contributed by atoms with Crippen molar-refractivity contribution in [2.75, 3.05) is 0 Å². The van der Waals surface area contributed by atoms with Gasteiger partial charge in [-0.2, -0.15) is 0 Å². The molecule has 94 valence electrons. The Balaban J connectivity index is 2.64. The third-order valence-corrected chi connectivity index (χ3v) is 3.84. The quantitative estimate of drug-likeness (QED) is 0.523. The van der Waals surface area contributed by atoms with Crippen molar-refractivity contribution in [2.24, 2.45) is 0 Å². The van der Waals surface area contributed by atoms with Crippen LogP contribution in [0.3, 0.4) is 0 Å². The average molecular weight is 259 g/mol. The molecule has 0 amide bonds. The number of nitrogens with one attached hydrogen (secondary N) is 1. The second kappa shape index (κ2) is 3.61. The third-order valence-electron chi connectivity index (χ3n) is 3.84. The molecule has 3 heteroatoms. The van der Waals surface area contributed by atoms with Gasteiger partial charge in [-0.15, -0.1) is 0 Å². The van der Waals surface area contributed by atoms with Crippen LogP contribution in [0.15, 0.2) is 58.1 Å². The molecule has 0 aliphatic heterocycles. The second-order valence-electron chi connectivity index (χ2n) is 4.87. The number of benzene rings is 2. The predicted octanol–water partition coefficient (Wildman–Crippen LogP) is 1.79. The van der Waals surface area contributed by atoms with Crippen molar-refractivity contribution in [2.45, 2.75) is 0 Å². The molecule has 0 radical (unpaired) electrons. The van der Waals surface area contributed by atoms with E-state index in [1.165, 1.54) is 0 Å². The van der Waals surface area contributed by atoms with E-state index in [-0.39, 0.29) is 16.2 Å². The zero-order chi connectivity index (χ0) is 13.9. The summed E-state index contributed by atoms with van der Waals surface area (Å²) >= 11 is 0. The Morgan fingerprint density at radius 1 is 0.600 bits per heavy atom. The van der Waals surface area contributed by atoms with Crippen LogP contribution in [-0.4, -0.2) is 0 Å². The largest absolute Gasteiger partial charge is 0.296 e. The minimum Gasteiger partial charge on any atom is -0.296 e. The normalized spacial score (nSPS) is 11.6. The van der Waals surface area contributed by atoms with Gasteiger partial charge in [-0.1, -0.05) is 48.5 Å². The van der Waals surface area contributed by atoms with Crippen LogP contribution in [0.5, 0.6) is 0 Å². The van der Waals surface area contributed by atoms with E-state index in [0.29, 0.717) is 32.0 Å². The van der Waals surface area contributed by atoms with E-state index in [4.69, 9.17) is 5.41 Å². The molecule has 0 fully saturated rings. The van der Waals surface area contributed by atoms with Gasteiger partial charge in [0.1, 0.15) is 5.36 Å². The Bertz CT molecular complexity index is 1200. The van der Waals surface area contributed by atoms with Gasteiger partial charge in [0.15, 0.2) is 5.43 Å². The lowest BCUT2D eigenvalue weighted by Crippen LogP contribution is -2.25. The van der Waals surface area contributed by atoms with Crippen molar-refractivity contribution in [3.8, 4) is 0 Å². The Labute approximate surface area is 112 Å². The van der Waals surface area contributed by atoms with E-state index in [2.05, 4.69) is 0 Å². The first-order valence-corrected chi connectivity index (χ1v) is 6.31. The van der Waals surface area contributed by atoms with E-state index in [0.717, 1.165) is 0 Å². The van der Waals surface area contributed by atoms with Gasteiger partial charge in [0.05, 0.1) is 0 Å². The molecule has 2 aromatic rings. The summed E-state index contributed by atoms with van der Waals surface area (Å²) in [7, 11) is 0. The van der Waals surface area contributed by atoms with Gasteiger partial charge in [-0.3, -0.25) is 15.0 Å². The molecule has 4 rings (SSSR count). The van der Waals surface area contributed by atoms with E-state index in [9.17, 15) is 9.59 Å². The summed E-state index contributed by atoms with van der Waals surface area (Å²) in [5, 5.41) is 11.3. The fourth-order valence-electron chi connectivity index (χ4n) is 2.94. The predicted molar refractivity (Wildman–Crippen MR) is 77.5 cm³/mol. The third kappa shape index (κ3) is 1.17. The molecule has 2 aromatic carbocycles. The summed E-state index contributed by atoms with van der Waals surface area (Å²) in [6.07, 6.45) is 0. The molecular weight excluding hydrogens is 250 g/mol. The number of rotatable bonds is 0. The van der Waals surface area contributed by atoms with Gasteiger partial charge < -0.3 is 0 Å². The van der Waals surface area contributed by atoms with Gasteiger partial charge >= 0.3 is 0 Å². The molecule has 0 saturated carbocycles. The number of hydrogen-bond donors (Lipinski definition) is 1. The first kappa shape index (κ1) is 11.1. The van der Waals surface area contributed by atoms with Crippen molar-refractivity contribution in [1.29, 1.82) is 5.41 Å². The summed E-state index contributed by atoms with van der Waals surface area (Å²) in [6.45, 7) is 0. The molecule has 0 bridgehead atoms. The van der Waals surface area contributed by atoms with Crippen LogP contribution in [0.1, 0.15) is 0 Å². The summed E-state index contributed by atoms with van der Waals surface area (Å²) in [6, 6.07) is 14.2. The smallest absolute Gasteiger partial charge is 0.212 e. The molecule has 2 aliphatic rings. The molecule has 0 aromatic heterocycles. The van der Waals surface area contributed by atoms with E-state index in [1.54, 1.807) is 42.5 Å². The first-order chi connectivity index (χ1) is 9.70. The highest BCUT2D eigenvalue weighted by Gasteiger charge is 2.13. The molecule has 0 unspecified atom stereocenters. The van der Waals surface area contributed by atoms with Crippen molar-refractivity contribution in [3.05, 3.63) is 84.8 Å². The van der Waals surface area contributed by atoms with Crippen molar-refractivity contribution >= 4 is 21.5 Å². The molecule has 0 saturated heterocycles. The van der Waals surface area contributed by atoms with Crippen LogP contribution in [0.2, 0.25) is 0 Å². The minimum atomic E-state index is -0.364. The average Bonchev–Trinajstić information content (AvgIpc) is 2.79. The Hall–Kier alpha value is -2.81. The van der Waals surface area contributed by atoms with E-state index in [1.807, 2.05) is 6.07 Å². The summed E-state index contributed by atoms with van der Waals surface area (Å²) < 4.78 is 0. The lowest BCUT2D eigenvalue weighted by Gasteiger charge is -1.96. The lowest BCUT2D eigenvalue weighted by molar-refractivity contribution is 1.25. The van der Waals surface area contributed by atoms with Gasteiger partial charge in [0.25, 0.3) is 0 Å². The molecule has 20 heavy (non-hydrogen) atoms. The zero-order valence-corrected chi connectivity index (χ0v) is 10.4. The van der Waals surface area contributed by atoms with E-state index >= 15 is 0 Å². The lowest BCUT2D eigenvalue weighted by atomic mass is 10.1. The molecule has 0 heterocycles. The maximum Gasteiger partial charge on any atom is 0.212 e. The van der Waals surface area contributed by atoms with Crippen LogP contribution in [0.25, 0.3) is 21.5 Å². The number of hydrogen-bond acceptors (Lipinski definition) is 3. The highest BCUT2D eigenvalue weighted by Crippen LogP contribution is 2.17. The van der Waals surface area contributed by atoms with Gasteiger partial charge in [0.2, 0.25) is 5.43 Å².